The zero-order valence-corrected chi connectivity index (χ0v) is 17.5. The van der Waals surface area contributed by atoms with E-state index in [1.807, 2.05) is 0 Å². The fraction of sp³-hybridized carbons (Fsp3) is 0.0909. The topological polar surface area (TPSA) is 129 Å². The number of alkyl halides is 3. The molecule has 4 rings (SSSR count). The molecule has 2 aromatic heterocycles. The van der Waals surface area contributed by atoms with Crippen LogP contribution >= 0.6 is 0 Å². The number of hydrogen-bond acceptors (Lipinski definition) is 4. The summed E-state index contributed by atoms with van der Waals surface area (Å²) in [5.74, 6) is -2.09. The lowest BCUT2D eigenvalue weighted by Crippen LogP contribution is -2.28. The molecule has 0 fully saturated rings. The average molecular weight is 489 g/mol. The van der Waals surface area contributed by atoms with Crippen LogP contribution in [0.5, 0.6) is 0 Å². The maximum Gasteiger partial charge on any atom is 0.418 e. The van der Waals surface area contributed by atoms with E-state index in [1.54, 1.807) is 0 Å². The summed E-state index contributed by atoms with van der Waals surface area (Å²) >= 11 is 0. The van der Waals surface area contributed by atoms with E-state index < -0.39 is 40.8 Å². The van der Waals surface area contributed by atoms with Gasteiger partial charge in [0.05, 0.1) is 22.3 Å². The number of halogens is 4. The van der Waals surface area contributed by atoms with Crippen molar-refractivity contribution < 1.29 is 32.3 Å². The number of benzene rings is 2. The summed E-state index contributed by atoms with van der Waals surface area (Å²) in [4.78, 5) is 40.8. The van der Waals surface area contributed by atoms with Crippen LogP contribution in [0.1, 0.15) is 21.6 Å². The Hall–Kier alpha value is -4.68. The molecule has 2 heterocycles. The minimum Gasteiger partial charge on any atom is -0.476 e. The molecule has 0 saturated heterocycles. The Morgan fingerprint density at radius 3 is 2.49 bits per heavy atom. The van der Waals surface area contributed by atoms with Crippen LogP contribution in [0.4, 0.5) is 28.0 Å². The zero-order valence-electron chi connectivity index (χ0n) is 17.5. The van der Waals surface area contributed by atoms with Crippen LogP contribution in [0, 0.1) is 5.82 Å². The summed E-state index contributed by atoms with van der Waals surface area (Å²) in [6, 6.07) is 7.62. The highest BCUT2D eigenvalue weighted by Crippen LogP contribution is 2.36. The molecule has 9 nitrogen and oxygen atoms in total. The largest absolute Gasteiger partial charge is 0.476 e. The molecule has 0 spiro atoms. The molecule has 2 aromatic carbocycles. The van der Waals surface area contributed by atoms with E-state index in [0.717, 1.165) is 10.6 Å². The molecule has 4 aromatic rings. The van der Waals surface area contributed by atoms with Crippen LogP contribution in [-0.4, -0.2) is 31.6 Å². The number of fused-ring (bicyclic) bond motifs is 1. The third-order valence-electron chi connectivity index (χ3n) is 4.90. The molecular weight excluding hydrogens is 474 g/mol. The monoisotopic (exact) mass is 489 g/mol. The highest BCUT2D eigenvalue weighted by molar-refractivity contribution is 5.89. The van der Waals surface area contributed by atoms with Gasteiger partial charge < -0.3 is 25.3 Å². The molecule has 0 aliphatic rings. The molecule has 0 atom stereocenters. The molecule has 0 bridgehead atoms. The lowest BCUT2D eigenvalue weighted by atomic mass is 10.1. The van der Waals surface area contributed by atoms with Crippen molar-refractivity contribution in [1.29, 1.82) is 0 Å². The van der Waals surface area contributed by atoms with Crippen molar-refractivity contribution in [2.75, 3.05) is 5.32 Å². The molecule has 4 N–H and O–H groups in total. The molecule has 180 valence electrons. The molecule has 0 aliphatic carbocycles. The van der Waals surface area contributed by atoms with Crippen molar-refractivity contribution in [3.63, 3.8) is 0 Å². The minimum absolute atomic E-state index is 0.0380. The van der Waals surface area contributed by atoms with Gasteiger partial charge in [0, 0.05) is 24.6 Å². The van der Waals surface area contributed by atoms with Gasteiger partial charge in [0.25, 0.3) is 5.56 Å². The zero-order chi connectivity index (χ0) is 25.3. The minimum atomic E-state index is -4.80. The van der Waals surface area contributed by atoms with Crippen LogP contribution in [-0.2, 0) is 12.7 Å². The number of aromatic nitrogens is 3. The number of H-pyrrole nitrogens is 1. The predicted octanol–water partition coefficient (Wildman–Crippen LogP) is 3.89. The van der Waals surface area contributed by atoms with E-state index in [1.165, 1.54) is 42.7 Å². The lowest BCUT2D eigenvalue weighted by molar-refractivity contribution is -0.137. The van der Waals surface area contributed by atoms with E-state index in [4.69, 9.17) is 5.11 Å². The third-order valence-corrected chi connectivity index (χ3v) is 4.90. The fourth-order valence-electron chi connectivity index (χ4n) is 3.29. The van der Waals surface area contributed by atoms with E-state index in [2.05, 4.69) is 20.6 Å². The molecule has 35 heavy (non-hydrogen) atoms. The molecule has 2 amide bonds. The number of aromatic carboxylic acids is 1. The van der Waals surface area contributed by atoms with Gasteiger partial charge >= 0.3 is 18.2 Å². The van der Waals surface area contributed by atoms with E-state index in [-0.39, 0.29) is 23.3 Å². The predicted molar refractivity (Wildman–Crippen MR) is 116 cm³/mol. The number of carbonyl (C=O) groups is 2. The Morgan fingerprint density at radius 2 is 1.83 bits per heavy atom. The fourth-order valence-corrected chi connectivity index (χ4v) is 3.29. The molecule has 0 aliphatic heterocycles. The molecule has 0 saturated carbocycles. The van der Waals surface area contributed by atoms with Gasteiger partial charge in [-0.3, -0.25) is 4.79 Å². The molecule has 0 unspecified atom stereocenters. The van der Waals surface area contributed by atoms with Gasteiger partial charge in [0.2, 0.25) is 5.69 Å². The number of nitrogens with zero attached hydrogens (tertiary/aromatic N) is 2. The van der Waals surface area contributed by atoms with Gasteiger partial charge in [-0.15, -0.1) is 0 Å². The second-order valence-corrected chi connectivity index (χ2v) is 7.35. The van der Waals surface area contributed by atoms with Crippen molar-refractivity contribution in [2.24, 2.45) is 0 Å². The Kier molecular flexibility index (Phi) is 5.99. The van der Waals surface area contributed by atoms with Crippen LogP contribution < -0.4 is 16.2 Å². The van der Waals surface area contributed by atoms with Crippen LogP contribution in [0.2, 0.25) is 0 Å². The first-order valence-electron chi connectivity index (χ1n) is 9.87. The summed E-state index contributed by atoms with van der Waals surface area (Å²) in [7, 11) is 0. The smallest absolute Gasteiger partial charge is 0.418 e. The second kappa shape index (κ2) is 8.93. The number of hydrogen-bond donors (Lipinski definition) is 4. The van der Waals surface area contributed by atoms with Gasteiger partial charge in [-0.2, -0.15) is 13.2 Å². The number of rotatable bonds is 5. The average Bonchev–Trinajstić information content (AvgIpc) is 3.26. The van der Waals surface area contributed by atoms with Gasteiger partial charge in [0.1, 0.15) is 5.82 Å². The summed E-state index contributed by atoms with van der Waals surface area (Å²) in [6.07, 6.45) is -2.13. The maximum atomic E-state index is 13.8. The standard InChI is InChI=1S/C22H15F4N5O4/c23-12-1-3-13(4-2-12)28-21(35)27-9-11-5-6-31(10-11)17-8-16-15(7-14(17)22(24,25)26)30-19(32)18(29-16)20(33)34/h1-8,10H,9H2,(H,30,32)(H,33,34)(H2,27,28,35). The second-order valence-electron chi connectivity index (χ2n) is 7.35. The summed E-state index contributed by atoms with van der Waals surface area (Å²) < 4.78 is 55.4. The number of carboxylic acid groups (broad SMARTS) is 1. The number of carbonyl (C=O) groups excluding carboxylic acids is 1. The van der Waals surface area contributed by atoms with E-state index in [9.17, 15) is 31.9 Å². The Labute approximate surface area is 193 Å². The van der Waals surface area contributed by atoms with Crippen molar-refractivity contribution in [2.45, 2.75) is 12.7 Å². The summed E-state index contributed by atoms with van der Waals surface area (Å²) in [5, 5.41) is 14.1. The molecular formula is C22H15F4N5O4. The number of aromatic amines is 1. The summed E-state index contributed by atoms with van der Waals surface area (Å²) in [5.41, 5.74) is -3.06. The Morgan fingerprint density at radius 1 is 1.11 bits per heavy atom. The first-order valence-corrected chi connectivity index (χ1v) is 9.87. The summed E-state index contributed by atoms with van der Waals surface area (Å²) in [6.45, 7) is -0.0380. The number of nitrogens with one attached hydrogen (secondary N) is 3. The first kappa shape index (κ1) is 23.5. The van der Waals surface area contributed by atoms with E-state index >= 15 is 0 Å². The normalized spacial score (nSPS) is 11.4. The molecule has 13 heteroatoms. The number of carboxylic acids is 1. The van der Waals surface area contributed by atoms with Crippen molar-refractivity contribution in [3.8, 4) is 5.69 Å². The first-order chi connectivity index (χ1) is 16.5. The number of urea groups is 1. The van der Waals surface area contributed by atoms with Crippen molar-refractivity contribution in [1.82, 2.24) is 19.9 Å². The van der Waals surface area contributed by atoms with Crippen LogP contribution in [0.3, 0.4) is 0 Å². The third kappa shape index (κ3) is 5.13. The quantitative estimate of drug-likeness (QED) is 0.316. The Balaban J connectivity index is 1.61. The van der Waals surface area contributed by atoms with Crippen molar-refractivity contribution in [3.05, 3.63) is 87.9 Å². The van der Waals surface area contributed by atoms with E-state index in [0.29, 0.717) is 17.3 Å². The van der Waals surface area contributed by atoms with Gasteiger partial charge in [-0.05, 0) is 48.0 Å². The lowest BCUT2D eigenvalue weighted by Gasteiger charge is -2.15. The number of amides is 2. The highest BCUT2D eigenvalue weighted by atomic mass is 19.4. The SMILES string of the molecule is O=C(NCc1ccn(-c2cc3nc(C(=O)O)c(=O)[nH]c3cc2C(F)(F)F)c1)Nc1ccc(F)cc1. The van der Waals surface area contributed by atoms with Gasteiger partial charge in [-0.1, -0.05) is 0 Å². The van der Waals surface area contributed by atoms with Gasteiger partial charge in [0.15, 0.2) is 0 Å². The van der Waals surface area contributed by atoms with Crippen LogP contribution in [0.15, 0.2) is 59.7 Å². The Bertz CT molecular complexity index is 1490. The molecule has 0 radical (unpaired) electrons. The highest BCUT2D eigenvalue weighted by Gasteiger charge is 2.35. The van der Waals surface area contributed by atoms with Gasteiger partial charge in [-0.25, -0.2) is 19.0 Å². The maximum absolute atomic E-state index is 13.8. The van der Waals surface area contributed by atoms with Crippen LogP contribution in [0.25, 0.3) is 16.7 Å². The van der Waals surface area contributed by atoms with Crippen molar-refractivity contribution >= 4 is 28.7 Å². The number of anilines is 1.